The predicted octanol–water partition coefficient (Wildman–Crippen LogP) is 6.32. The molecule has 4 rings (SSSR count). The fraction of sp³-hybridized carbons (Fsp3) is 0.344. The molecule has 0 bridgehead atoms. The molecular formula is C32H35F2N5O6. The van der Waals surface area contributed by atoms with Crippen LogP contribution in [0, 0.1) is 17.6 Å². The number of carboxylic acid groups (broad SMARTS) is 1. The normalized spacial score (nSPS) is 16.3. The number of halogens is 2. The summed E-state index contributed by atoms with van der Waals surface area (Å²) >= 11 is 0. The molecule has 0 unspecified atom stereocenters. The van der Waals surface area contributed by atoms with Crippen LogP contribution in [0.2, 0.25) is 0 Å². The van der Waals surface area contributed by atoms with Crippen molar-refractivity contribution in [3.63, 3.8) is 0 Å². The van der Waals surface area contributed by atoms with Crippen LogP contribution in [0.15, 0.2) is 60.9 Å². The number of carbonyl (C=O) groups excluding carboxylic acids is 3. The van der Waals surface area contributed by atoms with E-state index in [1.54, 1.807) is 0 Å². The molecule has 3 aromatic rings. The molecule has 238 valence electrons. The van der Waals surface area contributed by atoms with Crippen molar-refractivity contribution >= 4 is 35.3 Å². The van der Waals surface area contributed by atoms with Crippen LogP contribution in [0.5, 0.6) is 11.5 Å². The Labute approximate surface area is 259 Å². The second-order valence-electron chi connectivity index (χ2n) is 11.7. The molecule has 5 amide bonds. The van der Waals surface area contributed by atoms with Gasteiger partial charge in [-0.05, 0) is 76.3 Å². The van der Waals surface area contributed by atoms with Gasteiger partial charge in [0, 0.05) is 41.5 Å². The number of urea groups is 1. The van der Waals surface area contributed by atoms with E-state index in [1.807, 2.05) is 20.8 Å². The summed E-state index contributed by atoms with van der Waals surface area (Å²) in [4.78, 5) is 54.8. The van der Waals surface area contributed by atoms with Crippen molar-refractivity contribution in [1.29, 1.82) is 0 Å². The largest absolute Gasteiger partial charge is 0.465 e. The molecule has 0 spiro atoms. The number of ether oxygens (including phenoxy) is 1. The number of amides is 5. The standard InChI is InChI=1S/C32H35F2N5O6/c1-32(2,3)39(31(43)44)23-11-6-20(7-12-23)29(41)37-25-18-35-15-14-27(25)45-26-13-10-22(17-24(26)34)36-30(42)38-28(40)16-19-4-8-21(33)9-5-19/h4-5,8-10,13-15,17-18,20,23H,6-7,11-12,16H2,1-3H3,(H,37,41)(H,43,44)(H2,36,38,40,42)/t20-,23-. The molecule has 1 saturated carbocycles. The van der Waals surface area contributed by atoms with Gasteiger partial charge in [0.2, 0.25) is 11.8 Å². The van der Waals surface area contributed by atoms with Crippen LogP contribution in [-0.2, 0) is 16.0 Å². The number of imide groups is 1. The van der Waals surface area contributed by atoms with E-state index in [2.05, 4.69) is 20.9 Å². The lowest BCUT2D eigenvalue weighted by Gasteiger charge is -2.42. The second-order valence-corrected chi connectivity index (χ2v) is 11.7. The van der Waals surface area contributed by atoms with Crippen LogP contribution in [0.4, 0.5) is 29.7 Å². The van der Waals surface area contributed by atoms with Crippen molar-refractivity contribution < 1.29 is 37.8 Å². The number of hydrogen-bond donors (Lipinski definition) is 4. The molecular weight excluding hydrogens is 588 g/mol. The smallest absolute Gasteiger partial charge is 0.407 e. The van der Waals surface area contributed by atoms with E-state index >= 15 is 0 Å². The summed E-state index contributed by atoms with van der Waals surface area (Å²) in [6, 6.07) is 9.33. The van der Waals surface area contributed by atoms with Crippen molar-refractivity contribution in [1.82, 2.24) is 15.2 Å². The van der Waals surface area contributed by atoms with Gasteiger partial charge >= 0.3 is 12.1 Å². The average molecular weight is 624 g/mol. The third-order valence-corrected chi connectivity index (χ3v) is 7.34. The van der Waals surface area contributed by atoms with Crippen molar-refractivity contribution in [2.45, 2.75) is 64.5 Å². The summed E-state index contributed by atoms with van der Waals surface area (Å²) in [5, 5.41) is 17.0. The lowest BCUT2D eigenvalue weighted by Crippen LogP contribution is -2.52. The first kappa shape index (κ1) is 32.8. The third kappa shape index (κ3) is 8.97. The third-order valence-electron chi connectivity index (χ3n) is 7.34. The molecule has 2 aromatic carbocycles. The molecule has 1 aliphatic rings. The van der Waals surface area contributed by atoms with Crippen molar-refractivity contribution in [2.75, 3.05) is 10.6 Å². The molecule has 0 radical (unpaired) electrons. The Morgan fingerprint density at radius 3 is 2.27 bits per heavy atom. The van der Waals surface area contributed by atoms with Crippen LogP contribution < -0.4 is 20.7 Å². The SMILES string of the molecule is CC(C)(C)N(C(=O)O)[C@H]1CC[C@H](C(=O)Nc2cnccc2Oc2ccc(NC(=O)NC(=O)Cc3ccc(F)cc3)cc2F)CC1. The maximum absolute atomic E-state index is 15.0. The first-order valence-corrected chi connectivity index (χ1v) is 14.4. The van der Waals surface area contributed by atoms with E-state index in [1.165, 1.54) is 59.8 Å². The summed E-state index contributed by atoms with van der Waals surface area (Å²) in [6.45, 7) is 5.53. The lowest BCUT2D eigenvalue weighted by molar-refractivity contribution is -0.121. The van der Waals surface area contributed by atoms with Crippen LogP contribution in [0.3, 0.4) is 0 Å². The van der Waals surface area contributed by atoms with Gasteiger partial charge in [0.05, 0.1) is 12.6 Å². The van der Waals surface area contributed by atoms with Crippen LogP contribution in [0.25, 0.3) is 0 Å². The molecule has 1 aliphatic carbocycles. The Morgan fingerprint density at radius 1 is 0.956 bits per heavy atom. The fourth-order valence-electron chi connectivity index (χ4n) is 5.29. The van der Waals surface area contributed by atoms with Crippen LogP contribution in [-0.4, -0.2) is 50.5 Å². The number of pyridine rings is 1. The number of carbonyl (C=O) groups is 4. The van der Waals surface area contributed by atoms with E-state index in [9.17, 15) is 33.1 Å². The van der Waals surface area contributed by atoms with Gasteiger partial charge in [-0.25, -0.2) is 18.4 Å². The van der Waals surface area contributed by atoms with Gasteiger partial charge in [0.1, 0.15) is 11.5 Å². The zero-order valence-electron chi connectivity index (χ0n) is 25.1. The average Bonchev–Trinajstić information content (AvgIpc) is 2.96. The highest BCUT2D eigenvalue weighted by molar-refractivity contribution is 6.01. The second kappa shape index (κ2) is 14.1. The molecule has 1 fully saturated rings. The maximum Gasteiger partial charge on any atom is 0.407 e. The molecule has 0 aliphatic heterocycles. The van der Waals surface area contributed by atoms with E-state index in [4.69, 9.17) is 4.74 Å². The van der Waals surface area contributed by atoms with Crippen molar-refractivity contribution in [3.05, 3.63) is 78.1 Å². The molecule has 45 heavy (non-hydrogen) atoms. The lowest BCUT2D eigenvalue weighted by atomic mass is 9.83. The van der Waals surface area contributed by atoms with Gasteiger partial charge in [-0.15, -0.1) is 0 Å². The van der Waals surface area contributed by atoms with Crippen molar-refractivity contribution in [2.24, 2.45) is 5.92 Å². The number of rotatable bonds is 8. The van der Waals surface area contributed by atoms with Crippen LogP contribution >= 0.6 is 0 Å². The predicted molar refractivity (Wildman–Crippen MR) is 162 cm³/mol. The number of anilines is 2. The fourth-order valence-corrected chi connectivity index (χ4v) is 5.29. The molecule has 13 heteroatoms. The zero-order chi connectivity index (χ0) is 32.7. The van der Waals surface area contributed by atoms with Crippen LogP contribution in [0.1, 0.15) is 52.0 Å². The number of nitrogens with one attached hydrogen (secondary N) is 3. The molecule has 1 heterocycles. The van der Waals surface area contributed by atoms with E-state index in [-0.39, 0.29) is 47.2 Å². The van der Waals surface area contributed by atoms with Gasteiger partial charge in [0.25, 0.3) is 0 Å². The Bertz CT molecular complexity index is 1550. The zero-order valence-corrected chi connectivity index (χ0v) is 25.1. The molecule has 0 saturated heterocycles. The number of hydrogen-bond acceptors (Lipinski definition) is 6. The first-order valence-electron chi connectivity index (χ1n) is 14.4. The Kier molecular flexibility index (Phi) is 10.3. The maximum atomic E-state index is 15.0. The van der Waals surface area contributed by atoms with Gasteiger partial charge in [-0.3, -0.25) is 19.9 Å². The van der Waals surface area contributed by atoms with E-state index < -0.39 is 35.2 Å². The number of aromatic nitrogens is 1. The minimum atomic E-state index is -0.986. The van der Waals surface area contributed by atoms with Gasteiger partial charge < -0.3 is 25.4 Å². The number of nitrogens with zero attached hydrogens (tertiary/aromatic N) is 2. The summed E-state index contributed by atoms with van der Waals surface area (Å²) in [7, 11) is 0. The summed E-state index contributed by atoms with van der Waals surface area (Å²) in [5.74, 6) is -2.57. The molecule has 4 N–H and O–H groups in total. The van der Waals surface area contributed by atoms with E-state index in [0.29, 0.717) is 31.2 Å². The Balaban J connectivity index is 1.33. The molecule has 0 atom stereocenters. The van der Waals surface area contributed by atoms with Gasteiger partial charge in [-0.1, -0.05) is 12.1 Å². The summed E-state index contributed by atoms with van der Waals surface area (Å²) in [6.07, 6.45) is 3.76. The van der Waals surface area contributed by atoms with Crippen molar-refractivity contribution in [3.8, 4) is 11.5 Å². The summed E-state index contributed by atoms with van der Waals surface area (Å²) in [5.41, 5.74) is 0.233. The quantitative estimate of drug-likeness (QED) is 0.229. The van der Waals surface area contributed by atoms with Gasteiger partial charge in [0.15, 0.2) is 17.3 Å². The number of benzene rings is 2. The Morgan fingerprint density at radius 2 is 1.64 bits per heavy atom. The highest BCUT2D eigenvalue weighted by Crippen LogP contribution is 2.35. The topological polar surface area (TPSA) is 150 Å². The minimum Gasteiger partial charge on any atom is -0.465 e. The first-order chi connectivity index (χ1) is 21.3. The highest BCUT2D eigenvalue weighted by atomic mass is 19.1. The van der Waals surface area contributed by atoms with Gasteiger partial charge in [-0.2, -0.15) is 0 Å². The van der Waals surface area contributed by atoms with E-state index in [0.717, 1.165) is 6.07 Å². The monoisotopic (exact) mass is 623 g/mol. The molecule has 11 nitrogen and oxygen atoms in total. The molecule has 1 aromatic heterocycles. The minimum absolute atomic E-state index is 0.0544. The Hall–Kier alpha value is -5.07. The highest BCUT2D eigenvalue weighted by Gasteiger charge is 2.37. The summed E-state index contributed by atoms with van der Waals surface area (Å²) < 4.78 is 33.7.